The second-order valence-electron chi connectivity index (χ2n) is 9.26. The smallest absolute Gasteiger partial charge is 0.304 e. The quantitative estimate of drug-likeness (QED) is 0.654. The average molecular weight is 481 g/mol. The number of nitrogens with zero attached hydrogens (tertiary/aromatic N) is 4. The molecule has 0 amide bonds. The largest absolute Gasteiger partial charge is 0.474 e. The number of likely N-dealkylation sites (N-methyl/N-ethyl adjacent to an activating group) is 1. The first kappa shape index (κ1) is 22.1. The Balaban J connectivity index is 1.36. The maximum Gasteiger partial charge on any atom is 0.304 e. The highest BCUT2D eigenvalue weighted by atomic mass is 32.2. The van der Waals surface area contributed by atoms with E-state index in [9.17, 15) is 12.8 Å². The van der Waals surface area contributed by atoms with Gasteiger partial charge < -0.3 is 4.74 Å². The van der Waals surface area contributed by atoms with E-state index in [1.54, 1.807) is 30.5 Å². The summed E-state index contributed by atoms with van der Waals surface area (Å²) in [5.74, 6) is 0.314. The standard InChI is InChI=1S/C22H29FN4O3S2/c1-16-12-22(14-25(2)32(28,29)27(22)18-6-3-5-17(23)11-18)9-10-26(16)13-20-21(24-15-31-20)30-19-7-4-8-19/h3,5-6,11,15-16,19H,4,7-10,12-14H2,1-2H3/t16-,22+/m0/s1. The van der Waals surface area contributed by atoms with Crippen LogP contribution < -0.4 is 9.04 Å². The van der Waals surface area contributed by atoms with Gasteiger partial charge in [-0.25, -0.2) is 9.37 Å². The van der Waals surface area contributed by atoms with Gasteiger partial charge >= 0.3 is 10.2 Å². The topological polar surface area (TPSA) is 66.0 Å². The van der Waals surface area contributed by atoms with Crippen molar-refractivity contribution in [1.29, 1.82) is 0 Å². The number of halogens is 1. The molecule has 1 spiro atoms. The first-order valence-electron chi connectivity index (χ1n) is 11.1. The van der Waals surface area contributed by atoms with Crippen molar-refractivity contribution in [3.05, 3.63) is 40.5 Å². The Hall–Kier alpha value is -1.75. The predicted molar refractivity (Wildman–Crippen MR) is 123 cm³/mol. The molecule has 10 heteroatoms. The number of rotatable bonds is 5. The van der Waals surface area contributed by atoms with E-state index in [1.807, 2.05) is 5.51 Å². The molecule has 3 heterocycles. The molecule has 1 aromatic carbocycles. The van der Waals surface area contributed by atoms with Crippen LogP contribution in [0.4, 0.5) is 10.1 Å². The van der Waals surface area contributed by atoms with Crippen molar-refractivity contribution in [2.24, 2.45) is 0 Å². The van der Waals surface area contributed by atoms with Gasteiger partial charge in [-0.15, -0.1) is 11.3 Å². The number of likely N-dealkylation sites (tertiary alicyclic amines) is 1. The van der Waals surface area contributed by atoms with Gasteiger partial charge in [0.2, 0.25) is 5.88 Å². The summed E-state index contributed by atoms with van der Waals surface area (Å²) in [6.45, 7) is 4.04. The number of ether oxygens (including phenoxy) is 1. The number of hydrogen-bond donors (Lipinski definition) is 0. The van der Waals surface area contributed by atoms with Crippen LogP contribution >= 0.6 is 11.3 Å². The second-order valence-corrected chi connectivity index (χ2v) is 12.1. The molecule has 0 bridgehead atoms. The molecule has 32 heavy (non-hydrogen) atoms. The molecule has 0 unspecified atom stereocenters. The highest BCUT2D eigenvalue weighted by Gasteiger charge is 2.55. The summed E-state index contributed by atoms with van der Waals surface area (Å²) in [5, 5.41) is 0. The van der Waals surface area contributed by atoms with Crippen LogP contribution in [0.5, 0.6) is 5.88 Å². The first-order chi connectivity index (χ1) is 15.3. The van der Waals surface area contributed by atoms with Crippen molar-refractivity contribution in [1.82, 2.24) is 14.2 Å². The van der Waals surface area contributed by atoms with Crippen LogP contribution in [0, 0.1) is 5.82 Å². The van der Waals surface area contributed by atoms with Crippen molar-refractivity contribution in [3.63, 3.8) is 0 Å². The molecule has 1 aliphatic carbocycles. The van der Waals surface area contributed by atoms with Gasteiger partial charge in [-0.05, 0) is 57.2 Å². The highest BCUT2D eigenvalue weighted by molar-refractivity contribution is 7.90. The van der Waals surface area contributed by atoms with E-state index in [0.717, 1.165) is 36.7 Å². The lowest BCUT2D eigenvalue weighted by atomic mass is 9.83. The zero-order valence-corrected chi connectivity index (χ0v) is 20.0. The highest BCUT2D eigenvalue weighted by Crippen LogP contribution is 2.44. The van der Waals surface area contributed by atoms with E-state index in [-0.39, 0.29) is 12.1 Å². The number of benzene rings is 1. The SMILES string of the molecule is C[C@H]1C[C@]2(CCN1Cc1scnc1OC1CCC1)CN(C)S(=O)(=O)N2c1cccc(F)c1. The van der Waals surface area contributed by atoms with Crippen LogP contribution in [0.2, 0.25) is 0 Å². The lowest BCUT2D eigenvalue weighted by molar-refractivity contribution is 0.0932. The van der Waals surface area contributed by atoms with Crippen LogP contribution in [-0.4, -0.2) is 60.4 Å². The average Bonchev–Trinajstić information content (AvgIpc) is 3.20. The first-order valence-corrected chi connectivity index (χ1v) is 13.4. The van der Waals surface area contributed by atoms with Crippen LogP contribution in [0.1, 0.15) is 43.9 Å². The minimum atomic E-state index is -3.70. The normalized spacial score (nSPS) is 28.8. The van der Waals surface area contributed by atoms with E-state index in [0.29, 0.717) is 25.1 Å². The van der Waals surface area contributed by atoms with Gasteiger partial charge in [-0.2, -0.15) is 12.7 Å². The van der Waals surface area contributed by atoms with Crippen LogP contribution in [0.15, 0.2) is 29.8 Å². The van der Waals surface area contributed by atoms with E-state index in [1.165, 1.54) is 27.2 Å². The second kappa shape index (κ2) is 8.23. The lowest BCUT2D eigenvalue weighted by Crippen LogP contribution is -2.57. The molecule has 1 saturated carbocycles. The minimum Gasteiger partial charge on any atom is -0.474 e. The molecule has 2 atom stereocenters. The van der Waals surface area contributed by atoms with E-state index < -0.39 is 21.6 Å². The van der Waals surface area contributed by atoms with Gasteiger partial charge in [-0.3, -0.25) is 9.21 Å². The molecule has 1 aromatic heterocycles. The van der Waals surface area contributed by atoms with Crippen LogP contribution in [-0.2, 0) is 16.8 Å². The molecule has 0 radical (unpaired) electrons. The van der Waals surface area contributed by atoms with E-state index in [4.69, 9.17) is 4.74 Å². The molecule has 2 saturated heterocycles. The van der Waals surface area contributed by atoms with E-state index >= 15 is 0 Å². The molecule has 2 aromatic rings. The summed E-state index contributed by atoms with van der Waals surface area (Å²) in [5.41, 5.74) is 1.65. The molecular weight excluding hydrogens is 451 g/mol. The van der Waals surface area contributed by atoms with Gasteiger partial charge in [0, 0.05) is 32.7 Å². The molecule has 3 fully saturated rings. The van der Waals surface area contributed by atoms with Crippen molar-refractivity contribution < 1.29 is 17.5 Å². The van der Waals surface area contributed by atoms with Crippen molar-refractivity contribution in [2.75, 3.05) is 24.4 Å². The van der Waals surface area contributed by atoms with Crippen molar-refractivity contribution in [3.8, 4) is 5.88 Å². The fourth-order valence-corrected chi connectivity index (χ4v) is 7.66. The van der Waals surface area contributed by atoms with Gasteiger partial charge in [0.1, 0.15) is 11.9 Å². The summed E-state index contributed by atoms with van der Waals surface area (Å²) < 4.78 is 49.3. The Bertz CT molecular complexity index is 1090. The Morgan fingerprint density at radius 3 is 2.84 bits per heavy atom. The van der Waals surface area contributed by atoms with Gasteiger partial charge in [-0.1, -0.05) is 6.07 Å². The monoisotopic (exact) mass is 480 g/mol. The summed E-state index contributed by atoms with van der Waals surface area (Å²) in [7, 11) is -2.09. The lowest BCUT2D eigenvalue weighted by Gasteiger charge is -2.47. The maximum atomic E-state index is 14.0. The van der Waals surface area contributed by atoms with Gasteiger partial charge in [0.05, 0.1) is 21.6 Å². The Labute approximate surface area is 193 Å². The third kappa shape index (κ3) is 3.81. The van der Waals surface area contributed by atoms with Crippen LogP contribution in [0.3, 0.4) is 0 Å². The van der Waals surface area contributed by atoms with Gasteiger partial charge in [0.15, 0.2) is 0 Å². The minimum absolute atomic E-state index is 0.153. The molecule has 5 rings (SSSR count). The third-order valence-corrected chi connectivity index (χ3v) is 9.83. The predicted octanol–water partition coefficient (Wildman–Crippen LogP) is 3.63. The summed E-state index contributed by atoms with van der Waals surface area (Å²) >= 11 is 1.61. The zero-order valence-electron chi connectivity index (χ0n) is 18.4. The number of thiazole rings is 1. The molecule has 174 valence electrons. The number of aromatic nitrogens is 1. The summed E-state index contributed by atoms with van der Waals surface area (Å²) in [6.07, 6.45) is 5.04. The fraction of sp³-hybridized carbons (Fsp3) is 0.591. The van der Waals surface area contributed by atoms with Crippen molar-refractivity contribution in [2.45, 2.75) is 63.3 Å². The fourth-order valence-electron chi connectivity index (χ4n) is 5.16. The summed E-state index contributed by atoms with van der Waals surface area (Å²) in [4.78, 5) is 7.93. The maximum absolute atomic E-state index is 14.0. The van der Waals surface area contributed by atoms with Crippen molar-refractivity contribution >= 4 is 27.2 Å². The van der Waals surface area contributed by atoms with Crippen LogP contribution in [0.25, 0.3) is 0 Å². The number of piperidine rings is 1. The molecule has 7 nitrogen and oxygen atoms in total. The number of hydrogen-bond acceptors (Lipinski definition) is 6. The Morgan fingerprint density at radius 1 is 1.34 bits per heavy atom. The molecular formula is C22H29FN4O3S2. The number of anilines is 1. The third-order valence-electron chi connectivity index (χ3n) is 7.06. The Morgan fingerprint density at radius 2 is 2.16 bits per heavy atom. The molecule has 2 aliphatic heterocycles. The Kier molecular flexibility index (Phi) is 5.68. The van der Waals surface area contributed by atoms with Gasteiger partial charge in [0.25, 0.3) is 0 Å². The molecule has 0 N–H and O–H groups in total. The summed E-state index contributed by atoms with van der Waals surface area (Å²) in [6, 6.07) is 6.06. The molecule has 3 aliphatic rings. The zero-order chi connectivity index (χ0) is 22.5. The van der Waals surface area contributed by atoms with E-state index in [2.05, 4.69) is 16.8 Å².